The molecule has 2 aromatic heterocycles. The Kier molecular flexibility index (Phi) is 7.78. The predicted molar refractivity (Wildman–Crippen MR) is 104 cm³/mol. The van der Waals surface area contributed by atoms with Crippen molar-refractivity contribution in [2.24, 2.45) is 0 Å². The Morgan fingerprint density at radius 3 is 2.00 bits per heavy atom. The molecular weight excluding hydrogens is 424 g/mol. The van der Waals surface area contributed by atoms with Crippen LogP contribution in [-0.4, -0.2) is 9.97 Å². The van der Waals surface area contributed by atoms with E-state index in [-0.39, 0.29) is 0 Å². The Morgan fingerprint density at radius 2 is 1.36 bits per heavy atom. The standard InChI is InChI=1S/C17H24Br2N2S/c1-3-4-5-6-7-8-9-10-11-13-12(2)20-14-15(21-13)17(19)22-16(14)18/h3-11H2,1-2H3. The van der Waals surface area contributed by atoms with E-state index >= 15 is 0 Å². The third-order valence-corrected chi connectivity index (χ3v) is 6.45. The van der Waals surface area contributed by atoms with Gasteiger partial charge in [-0.2, -0.15) is 0 Å². The highest BCUT2D eigenvalue weighted by atomic mass is 79.9. The van der Waals surface area contributed by atoms with Crippen LogP contribution in [0.5, 0.6) is 0 Å². The monoisotopic (exact) mass is 446 g/mol. The van der Waals surface area contributed by atoms with Crippen molar-refractivity contribution in [1.82, 2.24) is 9.97 Å². The largest absolute Gasteiger partial charge is 0.247 e. The van der Waals surface area contributed by atoms with E-state index < -0.39 is 0 Å². The van der Waals surface area contributed by atoms with Crippen molar-refractivity contribution in [3.63, 3.8) is 0 Å². The van der Waals surface area contributed by atoms with E-state index in [1.54, 1.807) is 11.3 Å². The van der Waals surface area contributed by atoms with Gasteiger partial charge in [-0.3, -0.25) is 0 Å². The maximum Gasteiger partial charge on any atom is 0.115 e. The number of unbranched alkanes of at least 4 members (excludes halogenated alkanes) is 7. The highest BCUT2D eigenvalue weighted by molar-refractivity contribution is 9.12. The van der Waals surface area contributed by atoms with Crippen molar-refractivity contribution in [3.05, 3.63) is 19.0 Å². The third kappa shape index (κ3) is 5.00. The van der Waals surface area contributed by atoms with E-state index in [4.69, 9.17) is 9.97 Å². The van der Waals surface area contributed by atoms with Gasteiger partial charge in [0.25, 0.3) is 0 Å². The van der Waals surface area contributed by atoms with Gasteiger partial charge >= 0.3 is 0 Å². The molecule has 0 N–H and O–H groups in total. The van der Waals surface area contributed by atoms with Gasteiger partial charge < -0.3 is 0 Å². The summed E-state index contributed by atoms with van der Waals surface area (Å²) in [5.41, 5.74) is 4.21. The lowest BCUT2D eigenvalue weighted by atomic mass is 10.1. The molecule has 0 unspecified atom stereocenters. The molecule has 0 aromatic carbocycles. The van der Waals surface area contributed by atoms with Crippen molar-refractivity contribution < 1.29 is 0 Å². The average Bonchev–Trinajstić information content (AvgIpc) is 2.76. The molecular formula is C17H24Br2N2S. The summed E-state index contributed by atoms with van der Waals surface area (Å²) in [4.78, 5) is 9.54. The summed E-state index contributed by atoms with van der Waals surface area (Å²) in [5.74, 6) is 0. The van der Waals surface area contributed by atoms with Crippen molar-refractivity contribution in [3.8, 4) is 0 Å². The fourth-order valence-electron chi connectivity index (χ4n) is 2.67. The fourth-order valence-corrected chi connectivity index (χ4v) is 5.48. The first-order chi connectivity index (χ1) is 10.6. The van der Waals surface area contributed by atoms with Crippen molar-refractivity contribution in [1.29, 1.82) is 0 Å². The molecule has 0 radical (unpaired) electrons. The number of rotatable bonds is 9. The molecule has 2 nitrogen and oxygen atoms in total. The third-order valence-electron chi connectivity index (χ3n) is 3.99. The summed E-state index contributed by atoms with van der Waals surface area (Å²) in [7, 11) is 0. The molecule has 0 aliphatic rings. The topological polar surface area (TPSA) is 25.8 Å². The van der Waals surface area contributed by atoms with Crippen molar-refractivity contribution >= 4 is 54.2 Å². The maximum atomic E-state index is 4.82. The van der Waals surface area contributed by atoms with Crippen LogP contribution in [0.3, 0.4) is 0 Å². The first-order valence-electron chi connectivity index (χ1n) is 8.24. The van der Waals surface area contributed by atoms with Crippen LogP contribution in [0.1, 0.15) is 69.7 Å². The molecule has 0 aliphatic heterocycles. The number of aromatic nitrogens is 2. The van der Waals surface area contributed by atoms with Gasteiger partial charge in [-0.1, -0.05) is 51.9 Å². The Labute approximate surface area is 154 Å². The molecule has 0 spiro atoms. The summed E-state index contributed by atoms with van der Waals surface area (Å²) in [6.45, 7) is 4.34. The number of aryl methyl sites for hydroxylation is 2. The van der Waals surface area contributed by atoms with E-state index in [9.17, 15) is 0 Å². The average molecular weight is 448 g/mol. The first-order valence-corrected chi connectivity index (χ1v) is 10.6. The van der Waals surface area contributed by atoms with Crippen LogP contribution in [0.2, 0.25) is 0 Å². The highest BCUT2D eigenvalue weighted by Gasteiger charge is 2.13. The quantitative estimate of drug-likeness (QED) is 0.379. The molecule has 2 heterocycles. The smallest absolute Gasteiger partial charge is 0.115 e. The van der Waals surface area contributed by atoms with Gasteiger partial charge in [-0.15, -0.1) is 11.3 Å². The molecule has 5 heteroatoms. The van der Waals surface area contributed by atoms with Gasteiger partial charge in [0.15, 0.2) is 0 Å². The summed E-state index contributed by atoms with van der Waals surface area (Å²) in [5, 5.41) is 0. The Bertz CT molecular complexity index is 610. The first kappa shape index (κ1) is 18.3. The Hall–Kier alpha value is -0.000000000000000167. The molecule has 0 saturated carbocycles. The van der Waals surface area contributed by atoms with Gasteiger partial charge in [0.05, 0.1) is 19.0 Å². The lowest BCUT2D eigenvalue weighted by Gasteiger charge is -2.05. The fraction of sp³-hybridized carbons (Fsp3) is 0.647. The second-order valence-electron chi connectivity index (χ2n) is 5.83. The number of nitrogens with zero attached hydrogens (tertiary/aromatic N) is 2. The normalized spacial score (nSPS) is 11.5. The number of hydrogen-bond acceptors (Lipinski definition) is 3. The molecule has 0 bridgehead atoms. The van der Waals surface area contributed by atoms with Gasteiger partial charge in [-0.05, 0) is 51.6 Å². The number of halogens is 2. The zero-order valence-corrected chi connectivity index (χ0v) is 17.4. The van der Waals surface area contributed by atoms with Crippen LogP contribution in [0, 0.1) is 6.92 Å². The molecule has 0 atom stereocenters. The molecule has 2 rings (SSSR count). The minimum Gasteiger partial charge on any atom is -0.247 e. The molecule has 0 saturated heterocycles. The van der Waals surface area contributed by atoms with Crippen molar-refractivity contribution in [2.45, 2.75) is 71.6 Å². The summed E-state index contributed by atoms with van der Waals surface area (Å²) in [6, 6.07) is 0. The van der Waals surface area contributed by atoms with Crippen LogP contribution in [-0.2, 0) is 6.42 Å². The minimum absolute atomic E-state index is 0.981. The van der Waals surface area contributed by atoms with Crippen LogP contribution in [0.15, 0.2) is 7.57 Å². The minimum atomic E-state index is 0.981. The Balaban J connectivity index is 1.82. The number of fused-ring (bicyclic) bond motifs is 1. The van der Waals surface area contributed by atoms with Crippen LogP contribution in [0.25, 0.3) is 11.0 Å². The second-order valence-corrected chi connectivity index (χ2v) is 9.48. The summed E-state index contributed by atoms with van der Waals surface area (Å²) < 4.78 is 2.13. The number of thiophene rings is 1. The zero-order valence-electron chi connectivity index (χ0n) is 13.4. The zero-order chi connectivity index (χ0) is 15.9. The summed E-state index contributed by atoms with van der Waals surface area (Å²) in [6.07, 6.45) is 11.8. The molecule has 22 heavy (non-hydrogen) atoms. The van der Waals surface area contributed by atoms with Gasteiger partial charge in [0, 0.05) is 0 Å². The predicted octanol–water partition coefficient (Wildman–Crippen LogP) is 7.21. The molecule has 0 aliphatic carbocycles. The second kappa shape index (κ2) is 9.33. The Morgan fingerprint density at radius 1 is 0.818 bits per heavy atom. The van der Waals surface area contributed by atoms with Gasteiger partial charge in [0.1, 0.15) is 11.0 Å². The van der Waals surface area contributed by atoms with Crippen LogP contribution < -0.4 is 0 Å². The van der Waals surface area contributed by atoms with E-state index in [1.807, 2.05) is 0 Å². The van der Waals surface area contributed by atoms with Crippen LogP contribution >= 0.6 is 43.2 Å². The van der Waals surface area contributed by atoms with E-state index in [2.05, 4.69) is 45.7 Å². The molecule has 0 amide bonds. The van der Waals surface area contributed by atoms with Crippen LogP contribution in [0.4, 0.5) is 0 Å². The summed E-state index contributed by atoms with van der Waals surface area (Å²) >= 11 is 8.80. The molecule has 0 fully saturated rings. The highest BCUT2D eigenvalue weighted by Crippen LogP contribution is 2.37. The van der Waals surface area contributed by atoms with E-state index in [1.165, 1.54) is 51.4 Å². The lowest BCUT2D eigenvalue weighted by molar-refractivity contribution is 0.573. The van der Waals surface area contributed by atoms with Crippen molar-refractivity contribution in [2.75, 3.05) is 0 Å². The maximum absolute atomic E-state index is 4.82. The SMILES string of the molecule is CCCCCCCCCCc1nc2c(Br)sc(Br)c2nc1C. The lowest BCUT2D eigenvalue weighted by Crippen LogP contribution is -1.98. The van der Waals surface area contributed by atoms with Gasteiger partial charge in [0.2, 0.25) is 0 Å². The van der Waals surface area contributed by atoms with E-state index in [0.717, 1.165) is 36.4 Å². The van der Waals surface area contributed by atoms with Gasteiger partial charge in [-0.25, -0.2) is 9.97 Å². The van der Waals surface area contributed by atoms with E-state index in [0.29, 0.717) is 0 Å². The molecule has 122 valence electrons. The molecule has 2 aromatic rings. The number of hydrogen-bond donors (Lipinski definition) is 0.